The molecule has 2 atom stereocenters. The second-order valence-electron chi connectivity index (χ2n) is 4.83. The zero-order valence-electron chi connectivity index (χ0n) is 10.6. The van der Waals surface area contributed by atoms with Gasteiger partial charge in [-0.05, 0) is 18.9 Å². The highest BCUT2D eigenvalue weighted by molar-refractivity contribution is 6.30. The summed E-state index contributed by atoms with van der Waals surface area (Å²) in [7, 11) is 0. The highest BCUT2D eigenvalue weighted by Crippen LogP contribution is 2.13. The van der Waals surface area contributed by atoms with Crippen molar-refractivity contribution in [2.45, 2.75) is 31.3 Å². The van der Waals surface area contributed by atoms with E-state index >= 15 is 0 Å². The fraction of sp³-hybridized carbons (Fsp3) is 0.500. The Balaban J connectivity index is 1.80. The smallest absolute Gasteiger partial charge is 0.238 e. The summed E-state index contributed by atoms with van der Waals surface area (Å²) in [6.07, 6.45) is 1.00. The monoisotopic (exact) mass is 266 g/mol. The molecule has 0 radical (unpaired) electrons. The number of likely N-dealkylation sites (tertiary alicyclic amines) is 1. The summed E-state index contributed by atoms with van der Waals surface area (Å²) in [4.78, 5) is 13.9. The van der Waals surface area contributed by atoms with Gasteiger partial charge in [-0.15, -0.1) is 11.6 Å². The number of nitrogens with zero attached hydrogens (tertiary/aromatic N) is 1. The Kier molecular flexibility index (Phi) is 4.61. The topological polar surface area (TPSA) is 32.3 Å². The molecule has 0 aliphatic carbocycles. The van der Waals surface area contributed by atoms with Crippen molar-refractivity contribution in [1.82, 2.24) is 10.2 Å². The van der Waals surface area contributed by atoms with Gasteiger partial charge in [0.2, 0.25) is 5.91 Å². The summed E-state index contributed by atoms with van der Waals surface area (Å²) in [5.41, 5.74) is 1.31. The third-order valence-corrected chi connectivity index (χ3v) is 3.43. The van der Waals surface area contributed by atoms with E-state index in [0.29, 0.717) is 0 Å². The van der Waals surface area contributed by atoms with E-state index in [0.717, 1.165) is 26.1 Å². The van der Waals surface area contributed by atoms with Gasteiger partial charge in [0.1, 0.15) is 5.38 Å². The highest BCUT2D eigenvalue weighted by Gasteiger charge is 2.24. The molecule has 1 aliphatic heterocycles. The van der Waals surface area contributed by atoms with Crippen molar-refractivity contribution < 1.29 is 4.79 Å². The third kappa shape index (κ3) is 3.72. The molecule has 1 aromatic rings. The van der Waals surface area contributed by atoms with E-state index in [1.54, 1.807) is 6.92 Å². The molecular weight excluding hydrogens is 248 g/mol. The van der Waals surface area contributed by atoms with E-state index in [-0.39, 0.29) is 11.9 Å². The number of amides is 1. The minimum absolute atomic E-state index is 0.0665. The summed E-state index contributed by atoms with van der Waals surface area (Å²) in [5, 5.41) is 2.53. The highest BCUT2D eigenvalue weighted by atomic mass is 35.5. The van der Waals surface area contributed by atoms with Gasteiger partial charge in [0.25, 0.3) is 0 Å². The summed E-state index contributed by atoms with van der Waals surface area (Å²) in [5.74, 6) is -0.0665. The van der Waals surface area contributed by atoms with E-state index in [4.69, 9.17) is 11.6 Å². The maximum atomic E-state index is 11.5. The lowest BCUT2D eigenvalue weighted by atomic mass is 10.2. The number of carbonyl (C=O) groups is 1. The lowest BCUT2D eigenvalue weighted by Crippen LogP contribution is -2.40. The molecule has 4 heteroatoms. The van der Waals surface area contributed by atoms with Crippen LogP contribution in [-0.2, 0) is 11.3 Å². The Hall–Kier alpha value is -1.06. The molecule has 0 aromatic heterocycles. The van der Waals surface area contributed by atoms with Crippen molar-refractivity contribution in [3.63, 3.8) is 0 Å². The minimum atomic E-state index is -0.451. The van der Waals surface area contributed by atoms with Crippen molar-refractivity contribution in [3.8, 4) is 0 Å². The molecule has 18 heavy (non-hydrogen) atoms. The van der Waals surface area contributed by atoms with Crippen LogP contribution in [0.1, 0.15) is 18.9 Å². The molecule has 0 saturated carbocycles. The van der Waals surface area contributed by atoms with Gasteiger partial charge in [0, 0.05) is 25.7 Å². The average Bonchev–Trinajstić information content (AvgIpc) is 2.77. The van der Waals surface area contributed by atoms with E-state index in [1.807, 2.05) is 6.07 Å². The van der Waals surface area contributed by atoms with Gasteiger partial charge in [-0.3, -0.25) is 9.69 Å². The van der Waals surface area contributed by atoms with Crippen LogP contribution in [0.2, 0.25) is 0 Å². The number of carbonyl (C=O) groups excluding carboxylic acids is 1. The van der Waals surface area contributed by atoms with E-state index in [9.17, 15) is 4.79 Å². The van der Waals surface area contributed by atoms with Gasteiger partial charge in [-0.1, -0.05) is 30.3 Å². The number of nitrogens with one attached hydrogen (secondary N) is 1. The van der Waals surface area contributed by atoms with E-state index < -0.39 is 5.38 Å². The summed E-state index contributed by atoms with van der Waals surface area (Å²) in [6, 6.07) is 10.6. The number of hydrogen-bond donors (Lipinski definition) is 1. The van der Waals surface area contributed by atoms with Gasteiger partial charge < -0.3 is 5.32 Å². The average molecular weight is 267 g/mol. The number of benzene rings is 1. The molecule has 0 bridgehead atoms. The molecule has 1 aliphatic rings. The SMILES string of the molecule is CC(Cl)C(=O)NC1CCN(Cc2ccccc2)C1. The maximum absolute atomic E-state index is 11.5. The zero-order chi connectivity index (χ0) is 13.0. The number of halogens is 1. The predicted octanol–water partition coefficient (Wildman–Crippen LogP) is 2.00. The molecule has 1 aromatic carbocycles. The molecule has 1 N–H and O–H groups in total. The molecule has 1 amide bonds. The Labute approximate surface area is 113 Å². The van der Waals surface area contributed by atoms with E-state index in [1.165, 1.54) is 5.56 Å². The first-order valence-corrected chi connectivity index (χ1v) is 6.79. The van der Waals surface area contributed by atoms with Crippen LogP contribution in [0.3, 0.4) is 0 Å². The van der Waals surface area contributed by atoms with Gasteiger partial charge in [-0.2, -0.15) is 0 Å². The zero-order valence-corrected chi connectivity index (χ0v) is 11.4. The van der Waals surface area contributed by atoms with Crippen LogP contribution in [0.5, 0.6) is 0 Å². The number of rotatable bonds is 4. The quantitative estimate of drug-likeness (QED) is 0.846. The van der Waals surface area contributed by atoms with Crippen LogP contribution >= 0.6 is 11.6 Å². The molecule has 2 unspecified atom stereocenters. The summed E-state index contributed by atoms with van der Waals surface area (Å²) >= 11 is 5.75. The lowest BCUT2D eigenvalue weighted by Gasteiger charge is -2.17. The Morgan fingerprint density at radius 2 is 2.22 bits per heavy atom. The van der Waals surface area contributed by atoms with Crippen molar-refractivity contribution >= 4 is 17.5 Å². The fourth-order valence-electron chi connectivity index (χ4n) is 2.25. The van der Waals surface area contributed by atoms with Crippen molar-refractivity contribution in [2.24, 2.45) is 0 Å². The Morgan fingerprint density at radius 3 is 2.89 bits per heavy atom. The van der Waals surface area contributed by atoms with Crippen LogP contribution < -0.4 is 5.32 Å². The molecule has 1 fully saturated rings. The van der Waals surface area contributed by atoms with Gasteiger partial charge in [0.05, 0.1) is 0 Å². The Morgan fingerprint density at radius 1 is 1.50 bits per heavy atom. The van der Waals surface area contributed by atoms with Crippen LogP contribution in [0.4, 0.5) is 0 Å². The van der Waals surface area contributed by atoms with Gasteiger partial charge in [0.15, 0.2) is 0 Å². The Bertz CT molecular complexity index is 394. The second-order valence-corrected chi connectivity index (χ2v) is 5.49. The lowest BCUT2D eigenvalue weighted by molar-refractivity contribution is -0.121. The number of hydrogen-bond acceptors (Lipinski definition) is 2. The first-order chi connectivity index (χ1) is 8.65. The first kappa shape index (κ1) is 13.4. The third-order valence-electron chi connectivity index (χ3n) is 3.23. The molecule has 1 heterocycles. The number of alkyl halides is 1. The summed E-state index contributed by atoms with van der Waals surface area (Å²) < 4.78 is 0. The van der Waals surface area contributed by atoms with Crippen molar-refractivity contribution in [1.29, 1.82) is 0 Å². The first-order valence-electron chi connectivity index (χ1n) is 6.36. The van der Waals surface area contributed by atoms with Crippen LogP contribution in [0.25, 0.3) is 0 Å². The molecule has 1 saturated heterocycles. The predicted molar refractivity (Wildman–Crippen MR) is 73.6 cm³/mol. The van der Waals surface area contributed by atoms with Crippen LogP contribution in [-0.4, -0.2) is 35.3 Å². The van der Waals surface area contributed by atoms with Crippen molar-refractivity contribution in [3.05, 3.63) is 35.9 Å². The largest absolute Gasteiger partial charge is 0.351 e. The van der Waals surface area contributed by atoms with E-state index in [2.05, 4.69) is 34.5 Å². The maximum Gasteiger partial charge on any atom is 0.238 e. The van der Waals surface area contributed by atoms with Gasteiger partial charge in [-0.25, -0.2) is 0 Å². The van der Waals surface area contributed by atoms with Crippen LogP contribution in [0.15, 0.2) is 30.3 Å². The fourth-order valence-corrected chi connectivity index (χ4v) is 2.31. The van der Waals surface area contributed by atoms with Crippen molar-refractivity contribution in [2.75, 3.05) is 13.1 Å². The van der Waals surface area contributed by atoms with Crippen LogP contribution in [0, 0.1) is 0 Å². The standard InChI is InChI=1S/C14H19ClN2O/c1-11(15)14(18)16-13-7-8-17(10-13)9-12-5-3-2-4-6-12/h2-6,11,13H,7-10H2,1H3,(H,16,18). The molecule has 98 valence electrons. The second kappa shape index (κ2) is 6.21. The molecule has 3 nitrogen and oxygen atoms in total. The molecule has 0 spiro atoms. The molecular formula is C14H19ClN2O. The summed E-state index contributed by atoms with van der Waals surface area (Å²) in [6.45, 7) is 4.58. The minimum Gasteiger partial charge on any atom is -0.351 e. The normalized spacial score (nSPS) is 21.8. The van der Waals surface area contributed by atoms with Gasteiger partial charge >= 0.3 is 0 Å². The molecule has 2 rings (SSSR count).